The summed E-state index contributed by atoms with van der Waals surface area (Å²) in [5.41, 5.74) is 1.87. The molecule has 0 saturated heterocycles. The maximum absolute atomic E-state index is 12.6. The molecule has 0 atom stereocenters. The Bertz CT molecular complexity index is 543. The number of amides is 1. The Balaban J connectivity index is 2.18. The summed E-state index contributed by atoms with van der Waals surface area (Å²) in [7, 11) is 0. The van der Waals surface area contributed by atoms with Gasteiger partial charge in [-0.05, 0) is 48.7 Å². The molecule has 0 saturated carbocycles. The number of hydrogen-bond donors (Lipinski definition) is 0. The average molecular weight is 277 g/mol. The summed E-state index contributed by atoms with van der Waals surface area (Å²) in [6.45, 7) is 7.22. The molecule has 2 aromatic rings. The zero-order chi connectivity index (χ0) is 13.8. The van der Waals surface area contributed by atoms with E-state index in [4.69, 9.17) is 4.42 Å². The molecule has 0 unspecified atom stereocenters. The van der Waals surface area contributed by atoms with Gasteiger partial charge in [0.25, 0.3) is 5.91 Å². The molecule has 1 amide bonds. The lowest BCUT2D eigenvalue weighted by Crippen LogP contribution is -2.31. The maximum Gasteiger partial charge on any atom is 0.257 e. The van der Waals surface area contributed by atoms with Gasteiger partial charge in [0.05, 0.1) is 5.56 Å². The van der Waals surface area contributed by atoms with Crippen LogP contribution in [0, 0.1) is 13.8 Å². The molecule has 19 heavy (non-hydrogen) atoms. The summed E-state index contributed by atoms with van der Waals surface area (Å²) >= 11 is 1.66. The molecule has 0 aromatic carbocycles. The van der Waals surface area contributed by atoms with Gasteiger partial charge in [-0.2, -0.15) is 11.3 Å². The van der Waals surface area contributed by atoms with Crippen molar-refractivity contribution in [2.75, 3.05) is 6.54 Å². The zero-order valence-electron chi connectivity index (χ0n) is 11.6. The van der Waals surface area contributed by atoms with Crippen molar-refractivity contribution >= 4 is 17.2 Å². The minimum absolute atomic E-state index is 0.0578. The van der Waals surface area contributed by atoms with Gasteiger partial charge in [-0.15, -0.1) is 0 Å². The summed E-state index contributed by atoms with van der Waals surface area (Å²) in [6, 6.07) is 3.89. The molecule has 0 fully saturated rings. The molecule has 3 nitrogen and oxygen atoms in total. The number of carbonyl (C=O) groups is 1. The molecule has 0 aliphatic carbocycles. The van der Waals surface area contributed by atoms with Crippen molar-refractivity contribution in [3.63, 3.8) is 0 Å². The Morgan fingerprint density at radius 3 is 2.74 bits per heavy atom. The highest BCUT2D eigenvalue weighted by Crippen LogP contribution is 2.18. The second kappa shape index (κ2) is 6.06. The average Bonchev–Trinajstić information content (AvgIpc) is 2.97. The minimum atomic E-state index is 0.0578. The quantitative estimate of drug-likeness (QED) is 0.827. The number of furan rings is 1. The van der Waals surface area contributed by atoms with Crippen LogP contribution < -0.4 is 0 Å². The van der Waals surface area contributed by atoms with E-state index in [-0.39, 0.29) is 5.91 Å². The van der Waals surface area contributed by atoms with Crippen LogP contribution in [-0.2, 0) is 6.54 Å². The SMILES string of the molecule is CCCN(Cc1ccsc1)C(=O)c1cc(C)oc1C. The van der Waals surface area contributed by atoms with E-state index in [1.165, 1.54) is 5.56 Å². The molecule has 0 aliphatic heterocycles. The molecule has 2 aromatic heterocycles. The van der Waals surface area contributed by atoms with Crippen molar-refractivity contribution < 1.29 is 9.21 Å². The van der Waals surface area contributed by atoms with Crippen molar-refractivity contribution in [3.8, 4) is 0 Å². The topological polar surface area (TPSA) is 33.5 Å². The van der Waals surface area contributed by atoms with Crippen molar-refractivity contribution in [2.24, 2.45) is 0 Å². The maximum atomic E-state index is 12.6. The van der Waals surface area contributed by atoms with Crippen molar-refractivity contribution in [3.05, 3.63) is 45.5 Å². The predicted octanol–water partition coefficient (Wildman–Crippen LogP) is 4.01. The molecule has 0 bridgehead atoms. The lowest BCUT2D eigenvalue weighted by Gasteiger charge is -2.21. The van der Waals surface area contributed by atoms with Crippen molar-refractivity contribution in [1.29, 1.82) is 0 Å². The van der Waals surface area contributed by atoms with Crippen LogP contribution in [0.2, 0.25) is 0 Å². The summed E-state index contributed by atoms with van der Waals surface area (Å²) in [4.78, 5) is 14.5. The molecule has 2 rings (SSSR count). The number of hydrogen-bond acceptors (Lipinski definition) is 3. The molecule has 2 heterocycles. The lowest BCUT2D eigenvalue weighted by molar-refractivity contribution is 0.0741. The van der Waals surface area contributed by atoms with Gasteiger partial charge in [-0.3, -0.25) is 4.79 Å². The minimum Gasteiger partial charge on any atom is -0.466 e. The van der Waals surface area contributed by atoms with Gasteiger partial charge in [0, 0.05) is 13.1 Å². The summed E-state index contributed by atoms with van der Waals surface area (Å²) in [5, 5.41) is 4.13. The van der Waals surface area contributed by atoms with E-state index in [1.54, 1.807) is 11.3 Å². The fourth-order valence-corrected chi connectivity index (χ4v) is 2.80. The molecule has 0 aliphatic rings. The van der Waals surface area contributed by atoms with Crippen LogP contribution in [-0.4, -0.2) is 17.4 Å². The van der Waals surface area contributed by atoms with Crippen LogP contribution in [0.1, 0.15) is 40.8 Å². The van der Waals surface area contributed by atoms with Gasteiger partial charge >= 0.3 is 0 Å². The van der Waals surface area contributed by atoms with Crippen LogP contribution in [0.5, 0.6) is 0 Å². The lowest BCUT2D eigenvalue weighted by atomic mass is 10.2. The van der Waals surface area contributed by atoms with E-state index in [0.29, 0.717) is 17.9 Å². The first-order valence-electron chi connectivity index (χ1n) is 6.49. The van der Waals surface area contributed by atoms with Gasteiger partial charge in [-0.1, -0.05) is 6.92 Å². The van der Waals surface area contributed by atoms with E-state index in [2.05, 4.69) is 18.4 Å². The Kier molecular flexibility index (Phi) is 4.43. The predicted molar refractivity (Wildman–Crippen MR) is 77.5 cm³/mol. The Morgan fingerprint density at radius 2 is 2.21 bits per heavy atom. The second-order valence-corrected chi connectivity index (χ2v) is 5.47. The van der Waals surface area contributed by atoms with E-state index < -0.39 is 0 Å². The number of carbonyl (C=O) groups excluding carboxylic acids is 1. The number of rotatable bonds is 5. The van der Waals surface area contributed by atoms with E-state index in [9.17, 15) is 4.79 Å². The third-order valence-corrected chi connectivity index (χ3v) is 3.74. The normalized spacial score (nSPS) is 10.7. The molecule has 0 N–H and O–H groups in total. The molecule has 102 valence electrons. The van der Waals surface area contributed by atoms with Crippen molar-refractivity contribution in [2.45, 2.75) is 33.7 Å². The standard InChI is InChI=1S/C15H19NO2S/c1-4-6-16(9-13-5-7-19-10-13)15(17)14-8-11(2)18-12(14)3/h5,7-8,10H,4,6,9H2,1-3H3. The fraction of sp³-hybridized carbons (Fsp3) is 0.400. The van der Waals surface area contributed by atoms with Gasteiger partial charge in [0.15, 0.2) is 0 Å². The second-order valence-electron chi connectivity index (χ2n) is 4.69. The Hall–Kier alpha value is -1.55. The summed E-state index contributed by atoms with van der Waals surface area (Å²) in [5.74, 6) is 1.55. The highest BCUT2D eigenvalue weighted by molar-refractivity contribution is 7.07. The van der Waals surface area contributed by atoms with Crippen LogP contribution >= 0.6 is 11.3 Å². The zero-order valence-corrected chi connectivity index (χ0v) is 12.4. The van der Waals surface area contributed by atoms with Crippen LogP contribution in [0.15, 0.2) is 27.3 Å². The smallest absolute Gasteiger partial charge is 0.257 e. The molecular weight excluding hydrogens is 258 g/mol. The molecule has 4 heteroatoms. The fourth-order valence-electron chi connectivity index (χ4n) is 2.14. The molecule has 0 spiro atoms. The highest BCUT2D eigenvalue weighted by atomic mass is 32.1. The van der Waals surface area contributed by atoms with Crippen LogP contribution in [0.4, 0.5) is 0 Å². The largest absolute Gasteiger partial charge is 0.466 e. The van der Waals surface area contributed by atoms with Gasteiger partial charge < -0.3 is 9.32 Å². The van der Waals surface area contributed by atoms with Gasteiger partial charge in [0.1, 0.15) is 11.5 Å². The number of thiophene rings is 1. The van der Waals surface area contributed by atoms with E-state index in [0.717, 1.165) is 18.7 Å². The molecular formula is C15H19NO2S. The number of nitrogens with zero attached hydrogens (tertiary/aromatic N) is 1. The van der Waals surface area contributed by atoms with Crippen LogP contribution in [0.3, 0.4) is 0 Å². The van der Waals surface area contributed by atoms with Gasteiger partial charge in [-0.25, -0.2) is 0 Å². The first-order valence-corrected chi connectivity index (χ1v) is 7.43. The third-order valence-electron chi connectivity index (χ3n) is 3.01. The monoisotopic (exact) mass is 277 g/mol. The van der Waals surface area contributed by atoms with Crippen molar-refractivity contribution in [1.82, 2.24) is 4.90 Å². The van der Waals surface area contributed by atoms with E-state index in [1.807, 2.05) is 30.2 Å². The van der Waals surface area contributed by atoms with E-state index >= 15 is 0 Å². The van der Waals surface area contributed by atoms with Gasteiger partial charge in [0.2, 0.25) is 0 Å². The first kappa shape index (κ1) is 13.9. The summed E-state index contributed by atoms with van der Waals surface area (Å²) < 4.78 is 5.45. The highest BCUT2D eigenvalue weighted by Gasteiger charge is 2.20. The van der Waals surface area contributed by atoms with Crippen LogP contribution in [0.25, 0.3) is 0 Å². The summed E-state index contributed by atoms with van der Waals surface area (Å²) in [6.07, 6.45) is 0.950. The number of aryl methyl sites for hydroxylation is 2. The first-order chi connectivity index (χ1) is 9.11. The Labute approximate surface area is 117 Å². The molecule has 0 radical (unpaired) electrons. The third kappa shape index (κ3) is 3.26. The Morgan fingerprint density at radius 1 is 1.42 bits per heavy atom.